The van der Waals surface area contributed by atoms with Crippen molar-refractivity contribution in [3.63, 3.8) is 0 Å². The first-order valence-electron chi connectivity index (χ1n) is 6.88. The molecule has 0 spiro atoms. The second-order valence-corrected chi connectivity index (χ2v) is 5.38. The number of hydrogen-bond acceptors (Lipinski definition) is 1. The lowest BCUT2D eigenvalue weighted by atomic mass is 10.1. The molecule has 2 rings (SSSR count). The lowest BCUT2D eigenvalue weighted by Crippen LogP contribution is -2.07. The quantitative estimate of drug-likeness (QED) is 0.604. The van der Waals surface area contributed by atoms with E-state index < -0.39 is 0 Å². The molecule has 106 valence electrons. The van der Waals surface area contributed by atoms with E-state index in [9.17, 15) is 4.79 Å². The van der Waals surface area contributed by atoms with Crippen LogP contribution in [-0.4, -0.2) is 16.2 Å². The summed E-state index contributed by atoms with van der Waals surface area (Å²) >= 11 is 5.70. The van der Waals surface area contributed by atoms with Gasteiger partial charge in [-0.15, -0.1) is 11.6 Å². The van der Waals surface area contributed by atoms with Crippen LogP contribution in [0.3, 0.4) is 0 Å². The Labute approximate surface area is 125 Å². The van der Waals surface area contributed by atoms with Crippen LogP contribution in [0.1, 0.15) is 39.8 Å². The first kappa shape index (κ1) is 14.9. The van der Waals surface area contributed by atoms with Crippen LogP contribution in [-0.2, 0) is 6.42 Å². The van der Waals surface area contributed by atoms with E-state index in [2.05, 4.69) is 36.6 Å². The molecule has 0 bridgehead atoms. The van der Waals surface area contributed by atoms with Crippen molar-refractivity contribution in [1.82, 2.24) is 4.57 Å². The standard InChI is InChI=1S/C17H20ClNO/c1-5-14-8-6-7-11(2)17(14)19-12(3)9-15(13(19)4)16(20)10-18/h6-9H,5,10H2,1-4H3. The van der Waals surface area contributed by atoms with Gasteiger partial charge >= 0.3 is 0 Å². The van der Waals surface area contributed by atoms with Crippen molar-refractivity contribution in [3.05, 3.63) is 52.3 Å². The molecule has 0 fully saturated rings. The second-order valence-electron chi connectivity index (χ2n) is 5.11. The first-order chi connectivity index (χ1) is 9.51. The van der Waals surface area contributed by atoms with Crippen LogP contribution in [0.25, 0.3) is 5.69 Å². The maximum atomic E-state index is 11.9. The highest BCUT2D eigenvalue weighted by Crippen LogP contribution is 2.27. The SMILES string of the molecule is CCc1cccc(C)c1-n1c(C)cc(C(=O)CCl)c1C. The Bertz CT molecular complexity index is 655. The Balaban J connectivity index is 2.71. The number of carbonyl (C=O) groups is 1. The average molecular weight is 290 g/mol. The molecule has 0 aliphatic heterocycles. The number of halogens is 1. The largest absolute Gasteiger partial charge is 0.317 e. The molecule has 0 amide bonds. The van der Waals surface area contributed by atoms with E-state index in [0.717, 1.165) is 23.4 Å². The molecule has 2 aromatic rings. The molecule has 0 aliphatic carbocycles. The van der Waals surface area contributed by atoms with E-state index in [1.807, 2.05) is 19.9 Å². The Kier molecular flexibility index (Phi) is 4.34. The highest BCUT2D eigenvalue weighted by molar-refractivity contribution is 6.30. The zero-order chi connectivity index (χ0) is 14.9. The van der Waals surface area contributed by atoms with Crippen molar-refractivity contribution >= 4 is 17.4 Å². The molecule has 1 heterocycles. The summed E-state index contributed by atoms with van der Waals surface area (Å²) in [7, 11) is 0. The number of Topliss-reactive ketones (excluding diaryl/α,β-unsaturated/α-hetero) is 1. The van der Waals surface area contributed by atoms with E-state index >= 15 is 0 Å². The molecule has 0 unspecified atom stereocenters. The summed E-state index contributed by atoms with van der Waals surface area (Å²) < 4.78 is 2.17. The minimum Gasteiger partial charge on any atom is -0.317 e. The van der Waals surface area contributed by atoms with Crippen LogP contribution in [0.5, 0.6) is 0 Å². The van der Waals surface area contributed by atoms with Crippen molar-refractivity contribution in [1.29, 1.82) is 0 Å². The number of para-hydroxylation sites is 1. The van der Waals surface area contributed by atoms with Gasteiger partial charge in [-0.1, -0.05) is 25.1 Å². The molecule has 1 aromatic heterocycles. The average Bonchev–Trinajstić information content (AvgIpc) is 2.73. The Morgan fingerprint density at radius 2 is 1.95 bits per heavy atom. The molecule has 3 heteroatoms. The van der Waals surface area contributed by atoms with Crippen LogP contribution in [0.15, 0.2) is 24.3 Å². The molecule has 20 heavy (non-hydrogen) atoms. The maximum absolute atomic E-state index is 11.9. The molecule has 1 aromatic carbocycles. The van der Waals surface area contributed by atoms with Crippen molar-refractivity contribution < 1.29 is 4.79 Å². The molecular weight excluding hydrogens is 270 g/mol. The molecule has 0 radical (unpaired) electrons. The summed E-state index contributed by atoms with van der Waals surface area (Å²) in [4.78, 5) is 11.9. The van der Waals surface area contributed by atoms with Gasteiger partial charge in [0.2, 0.25) is 0 Å². The summed E-state index contributed by atoms with van der Waals surface area (Å²) in [5.41, 5.74) is 6.46. The molecule has 2 nitrogen and oxygen atoms in total. The predicted molar refractivity (Wildman–Crippen MR) is 84.4 cm³/mol. The summed E-state index contributed by atoms with van der Waals surface area (Å²) in [5, 5.41) is 0. The minimum absolute atomic E-state index is 0.0161. The van der Waals surface area contributed by atoms with Crippen LogP contribution in [0, 0.1) is 20.8 Å². The lowest BCUT2D eigenvalue weighted by molar-refractivity contribution is 0.102. The molecule has 0 saturated carbocycles. The number of aryl methyl sites for hydroxylation is 3. The molecule has 0 aliphatic rings. The molecule has 0 atom stereocenters. The third-order valence-corrected chi connectivity index (χ3v) is 4.02. The number of nitrogens with zero attached hydrogens (tertiary/aromatic N) is 1. The van der Waals surface area contributed by atoms with Gasteiger partial charge < -0.3 is 4.57 Å². The van der Waals surface area contributed by atoms with E-state index in [0.29, 0.717) is 0 Å². The number of alkyl halides is 1. The zero-order valence-electron chi connectivity index (χ0n) is 12.5. The number of rotatable bonds is 4. The Hall–Kier alpha value is -1.54. The Morgan fingerprint density at radius 1 is 1.25 bits per heavy atom. The highest BCUT2D eigenvalue weighted by Gasteiger charge is 2.18. The fourth-order valence-electron chi connectivity index (χ4n) is 2.79. The van der Waals surface area contributed by atoms with Crippen LogP contribution in [0.2, 0.25) is 0 Å². The predicted octanol–water partition coefficient (Wildman–Crippen LogP) is 4.39. The topological polar surface area (TPSA) is 22.0 Å². The van der Waals surface area contributed by atoms with Gasteiger partial charge in [-0.2, -0.15) is 0 Å². The number of hydrogen-bond donors (Lipinski definition) is 0. The Morgan fingerprint density at radius 3 is 2.55 bits per heavy atom. The number of ketones is 1. The minimum atomic E-state index is -0.0161. The fraction of sp³-hybridized carbons (Fsp3) is 0.353. The monoisotopic (exact) mass is 289 g/mol. The number of aromatic nitrogens is 1. The van der Waals surface area contributed by atoms with E-state index in [1.54, 1.807) is 0 Å². The van der Waals surface area contributed by atoms with Crippen molar-refractivity contribution in [3.8, 4) is 5.69 Å². The van der Waals surface area contributed by atoms with Crippen LogP contribution >= 0.6 is 11.6 Å². The van der Waals surface area contributed by atoms with Gasteiger partial charge in [-0.25, -0.2) is 0 Å². The van der Waals surface area contributed by atoms with Gasteiger partial charge in [0.15, 0.2) is 5.78 Å². The van der Waals surface area contributed by atoms with Gasteiger partial charge in [-0.05, 0) is 44.4 Å². The van der Waals surface area contributed by atoms with Gasteiger partial charge in [-0.3, -0.25) is 4.79 Å². The van der Waals surface area contributed by atoms with E-state index in [4.69, 9.17) is 11.6 Å². The third-order valence-electron chi connectivity index (χ3n) is 3.78. The highest BCUT2D eigenvalue weighted by atomic mass is 35.5. The van der Waals surface area contributed by atoms with Crippen molar-refractivity contribution in [2.24, 2.45) is 0 Å². The maximum Gasteiger partial charge on any atom is 0.179 e. The second kappa shape index (κ2) is 5.84. The van der Waals surface area contributed by atoms with Gasteiger partial charge in [0.1, 0.15) is 0 Å². The van der Waals surface area contributed by atoms with E-state index in [-0.39, 0.29) is 11.7 Å². The third kappa shape index (κ3) is 2.40. The smallest absolute Gasteiger partial charge is 0.179 e. The van der Waals surface area contributed by atoms with Crippen molar-refractivity contribution in [2.45, 2.75) is 34.1 Å². The van der Waals surface area contributed by atoms with Gasteiger partial charge in [0, 0.05) is 17.0 Å². The summed E-state index contributed by atoms with van der Waals surface area (Å²) in [6.45, 7) is 8.27. The molecular formula is C17H20ClNO. The van der Waals surface area contributed by atoms with Crippen molar-refractivity contribution in [2.75, 3.05) is 5.88 Å². The number of carbonyl (C=O) groups excluding carboxylic acids is 1. The lowest BCUT2D eigenvalue weighted by Gasteiger charge is -2.17. The fourth-order valence-corrected chi connectivity index (χ4v) is 2.93. The normalized spacial score (nSPS) is 10.8. The number of benzene rings is 1. The van der Waals surface area contributed by atoms with Crippen LogP contribution in [0.4, 0.5) is 0 Å². The zero-order valence-corrected chi connectivity index (χ0v) is 13.2. The summed E-state index contributed by atoms with van der Waals surface area (Å²) in [5.74, 6) is 0.0104. The molecule has 0 N–H and O–H groups in total. The molecule has 0 saturated heterocycles. The van der Waals surface area contributed by atoms with E-state index in [1.165, 1.54) is 16.8 Å². The van der Waals surface area contributed by atoms with Crippen LogP contribution < -0.4 is 0 Å². The van der Waals surface area contributed by atoms with Gasteiger partial charge in [0.25, 0.3) is 0 Å². The first-order valence-corrected chi connectivity index (χ1v) is 7.41. The summed E-state index contributed by atoms with van der Waals surface area (Å²) in [6, 6.07) is 8.27. The summed E-state index contributed by atoms with van der Waals surface area (Å²) in [6.07, 6.45) is 0.965. The van der Waals surface area contributed by atoms with Gasteiger partial charge in [0.05, 0.1) is 11.6 Å².